The first-order valence-electron chi connectivity index (χ1n) is 9.13. The van der Waals surface area contributed by atoms with Crippen LogP contribution in [0.4, 0.5) is 11.4 Å². The van der Waals surface area contributed by atoms with E-state index in [0.717, 1.165) is 16.1 Å². The molecule has 2 heterocycles. The van der Waals surface area contributed by atoms with Gasteiger partial charge in [-0.3, -0.25) is 9.59 Å². The van der Waals surface area contributed by atoms with Gasteiger partial charge in [0, 0.05) is 34.8 Å². The van der Waals surface area contributed by atoms with Crippen molar-refractivity contribution in [1.29, 1.82) is 0 Å². The molecule has 0 radical (unpaired) electrons. The number of fused-ring (bicyclic) bond motifs is 2. The van der Waals surface area contributed by atoms with E-state index in [1.54, 1.807) is 41.4 Å². The molecule has 1 aromatic heterocycles. The number of anilines is 2. The van der Waals surface area contributed by atoms with Gasteiger partial charge in [-0.05, 0) is 55.0 Å². The van der Waals surface area contributed by atoms with Crippen LogP contribution >= 0.6 is 23.4 Å². The second kappa shape index (κ2) is 8.27. The van der Waals surface area contributed by atoms with E-state index in [4.69, 9.17) is 11.6 Å². The Balaban J connectivity index is 1.55. The molecule has 4 rings (SSSR count). The fraction of sp³-hybridized carbons (Fsp3) is 0.136. The average Bonchev–Trinajstić information content (AvgIpc) is 2.83. The quantitative estimate of drug-likeness (QED) is 0.627. The smallest absolute Gasteiger partial charge is 0.261 e. The lowest BCUT2D eigenvalue weighted by molar-refractivity contribution is -0.116. The molecule has 5 nitrogen and oxygen atoms in total. The molecule has 0 spiro atoms. The molecule has 3 aromatic rings. The van der Waals surface area contributed by atoms with Gasteiger partial charge in [0.1, 0.15) is 5.03 Å². The molecular formula is C22H18ClN3O2S. The molecule has 0 atom stereocenters. The Morgan fingerprint density at radius 1 is 1.17 bits per heavy atom. The summed E-state index contributed by atoms with van der Waals surface area (Å²) in [6.07, 6.45) is 1.85. The lowest BCUT2D eigenvalue weighted by Crippen LogP contribution is -2.34. The number of aryl methyl sites for hydroxylation is 1. The van der Waals surface area contributed by atoms with E-state index in [2.05, 4.69) is 10.3 Å². The minimum atomic E-state index is -0.163. The molecule has 0 bridgehead atoms. The van der Waals surface area contributed by atoms with Crippen molar-refractivity contribution in [3.05, 3.63) is 76.9 Å². The van der Waals surface area contributed by atoms with Crippen molar-refractivity contribution < 1.29 is 9.59 Å². The number of hydrogen-bond acceptors (Lipinski definition) is 4. The minimum Gasteiger partial charge on any atom is -0.326 e. The lowest BCUT2D eigenvalue weighted by Gasteiger charge is -2.22. The van der Waals surface area contributed by atoms with Crippen LogP contribution in [0.3, 0.4) is 0 Å². The fourth-order valence-electron chi connectivity index (χ4n) is 3.18. The highest BCUT2D eigenvalue weighted by molar-refractivity contribution is 7.99. The zero-order chi connectivity index (χ0) is 20.4. The Morgan fingerprint density at radius 2 is 2.00 bits per heavy atom. The molecule has 1 N–H and O–H groups in total. The van der Waals surface area contributed by atoms with Gasteiger partial charge in [-0.1, -0.05) is 35.5 Å². The second-order valence-electron chi connectivity index (χ2n) is 6.64. The summed E-state index contributed by atoms with van der Waals surface area (Å²) >= 11 is 7.44. The predicted octanol–water partition coefficient (Wildman–Crippen LogP) is 5.18. The maximum atomic E-state index is 13.2. The molecule has 1 aliphatic rings. The summed E-state index contributed by atoms with van der Waals surface area (Å²) in [6, 6.07) is 16.5. The number of amides is 2. The highest BCUT2D eigenvalue weighted by Gasteiger charge is 2.28. The molecule has 7 heteroatoms. The number of carbonyl (C=O) groups is 2. The number of pyridine rings is 1. The number of nitrogens with zero attached hydrogens (tertiary/aromatic N) is 2. The largest absolute Gasteiger partial charge is 0.326 e. The number of rotatable bonds is 4. The maximum Gasteiger partial charge on any atom is 0.261 e. The third-order valence-electron chi connectivity index (χ3n) is 4.63. The van der Waals surface area contributed by atoms with E-state index in [1.807, 2.05) is 31.2 Å². The van der Waals surface area contributed by atoms with Gasteiger partial charge in [0.2, 0.25) is 5.91 Å². The van der Waals surface area contributed by atoms with Crippen molar-refractivity contribution in [3.63, 3.8) is 0 Å². The highest BCUT2D eigenvalue weighted by Crippen LogP contribution is 2.40. The van der Waals surface area contributed by atoms with Gasteiger partial charge < -0.3 is 10.2 Å². The van der Waals surface area contributed by atoms with Gasteiger partial charge >= 0.3 is 0 Å². The standard InChI is InChI=1S/C22H18ClN3O2S/c1-14-13-15(23)8-9-17(14)25-20(27)10-12-26-18-6-2-3-7-19(18)29-21-16(22(26)28)5-4-11-24-21/h2-9,11,13H,10,12H2,1H3,(H,25,27). The molecule has 29 heavy (non-hydrogen) atoms. The third-order valence-corrected chi connectivity index (χ3v) is 5.95. The molecule has 146 valence electrons. The van der Waals surface area contributed by atoms with Crippen LogP contribution in [0.15, 0.2) is 70.7 Å². The van der Waals surface area contributed by atoms with E-state index < -0.39 is 0 Å². The molecule has 0 fully saturated rings. The van der Waals surface area contributed by atoms with Crippen molar-refractivity contribution >= 4 is 46.6 Å². The van der Waals surface area contributed by atoms with Gasteiger partial charge in [0.05, 0.1) is 11.3 Å². The van der Waals surface area contributed by atoms with Crippen molar-refractivity contribution in [1.82, 2.24) is 4.98 Å². The van der Waals surface area contributed by atoms with Crippen molar-refractivity contribution in [2.24, 2.45) is 0 Å². The lowest BCUT2D eigenvalue weighted by atomic mass is 10.2. The van der Waals surface area contributed by atoms with Gasteiger partial charge in [-0.15, -0.1) is 0 Å². The number of nitrogens with one attached hydrogen (secondary N) is 1. The van der Waals surface area contributed by atoms with Gasteiger partial charge in [-0.25, -0.2) is 4.98 Å². The first-order valence-corrected chi connectivity index (χ1v) is 10.3. The van der Waals surface area contributed by atoms with Crippen LogP contribution in [-0.4, -0.2) is 23.3 Å². The number of halogens is 1. The van der Waals surface area contributed by atoms with Crippen LogP contribution in [0.1, 0.15) is 22.3 Å². The van der Waals surface area contributed by atoms with Gasteiger partial charge in [0.15, 0.2) is 0 Å². The van der Waals surface area contributed by atoms with E-state index in [9.17, 15) is 9.59 Å². The number of benzene rings is 2. The second-order valence-corrected chi connectivity index (χ2v) is 8.11. The first kappa shape index (κ1) is 19.5. The zero-order valence-corrected chi connectivity index (χ0v) is 17.3. The Labute approximate surface area is 178 Å². The average molecular weight is 424 g/mol. The molecule has 1 aliphatic heterocycles. The predicted molar refractivity (Wildman–Crippen MR) is 116 cm³/mol. The number of hydrogen-bond donors (Lipinski definition) is 1. The Kier molecular flexibility index (Phi) is 5.56. The SMILES string of the molecule is Cc1cc(Cl)ccc1NC(=O)CCN1C(=O)c2cccnc2Sc2ccccc21. The third kappa shape index (κ3) is 4.13. The highest BCUT2D eigenvalue weighted by atomic mass is 35.5. The number of aromatic nitrogens is 1. The molecule has 0 aliphatic carbocycles. The van der Waals surface area contributed by atoms with Crippen LogP contribution in [0, 0.1) is 6.92 Å². The summed E-state index contributed by atoms with van der Waals surface area (Å²) in [4.78, 5) is 32.7. The number of carbonyl (C=O) groups excluding carboxylic acids is 2. The van der Waals surface area contributed by atoms with Crippen LogP contribution in [0.5, 0.6) is 0 Å². The van der Waals surface area contributed by atoms with Gasteiger partial charge in [-0.2, -0.15) is 0 Å². The van der Waals surface area contributed by atoms with Crippen LogP contribution < -0.4 is 10.2 Å². The number of para-hydroxylation sites is 1. The monoisotopic (exact) mass is 423 g/mol. The van der Waals surface area contributed by atoms with E-state index in [-0.39, 0.29) is 24.8 Å². The van der Waals surface area contributed by atoms with Crippen LogP contribution in [-0.2, 0) is 4.79 Å². The maximum absolute atomic E-state index is 13.2. The molecule has 0 saturated heterocycles. The van der Waals surface area contributed by atoms with Crippen LogP contribution in [0.25, 0.3) is 0 Å². The summed E-state index contributed by atoms with van der Waals surface area (Å²) in [6.45, 7) is 2.15. The summed E-state index contributed by atoms with van der Waals surface area (Å²) in [5.41, 5.74) is 2.93. The van der Waals surface area contributed by atoms with Crippen molar-refractivity contribution in [2.75, 3.05) is 16.8 Å². The van der Waals surface area contributed by atoms with Crippen molar-refractivity contribution in [2.45, 2.75) is 23.3 Å². The summed E-state index contributed by atoms with van der Waals surface area (Å²) in [7, 11) is 0. The fourth-order valence-corrected chi connectivity index (χ4v) is 4.42. The molecule has 0 saturated carbocycles. The zero-order valence-electron chi connectivity index (χ0n) is 15.7. The van der Waals surface area contributed by atoms with E-state index >= 15 is 0 Å². The molecule has 0 unspecified atom stereocenters. The van der Waals surface area contributed by atoms with Crippen molar-refractivity contribution in [3.8, 4) is 0 Å². The summed E-state index contributed by atoms with van der Waals surface area (Å²) in [5.74, 6) is -0.315. The minimum absolute atomic E-state index is 0.152. The summed E-state index contributed by atoms with van der Waals surface area (Å²) in [5, 5.41) is 4.19. The van der Waals surface area contributed by atoms with E-state index in [1.165, 1.54) is 11.8 Å². The normalized spacial score (nSPS) is 12.8. The Hall–Kier alpha value is -2.83. The molecule has 2 aromatic carbocycles. The van der Waals surface area contributed by atoms with Crippen LogP contribution in [0.2, 0.25) is 5.02 Å². The summed E-state index contributed by atoms with van der Waals surface area (Å²) < 4.78 is 0. The topological polar surface area (TPSA) is 62.3 Å². The first-order chi connectivity index (χ1) is 14.0. The Bertz CT molecular complexity index is 1100. The van der Waals surface area contributed by atoms with E-state index in [0.29, 0.717) is 21.3 Å². The Morgan fingerprint density at radius 3 is 2.83 bits per heavy atom. The molecule has 2 amide bonds. The van der Waals surface area contributed by atoms with Gasteiger partial charge in [0.25, 0.3) is 5.91 Å². The molecular weight excluding hydrogens is 406 g/mol.